The van der Waals surface area contributed by atoms with Crippen LogP contribution in [0.1, 0.15) is 33.1 Å². The van der Waals surface area contributed by atoms with Gasteiger partial charge in [0.15, 0.2) is 0 Å². The fraction of sp³-hybridized carbons (Fsp3) is 0.923. The summed E-state index contributed by atoms with van der Waals surface area (Å²) >= 11 is 0. The summed E-state index contributed by atoms with van der Waals surface area (Å²) in [5.74, 6) is 0.338. The summed E-state index contributed by atoms with van der Waals surface area (Å²) in [6.45, 7) is 8.81. The molecular formula is C13H25N3O. The maximum Gasteiger partial charge on any atom is 0.237 e. The summed E-state index contributed by atoms with van der Waals surface area (Å²) < 4.78 is 0. The van der Waals surface area contributed by atoms with Gasteiger partial charge < -0.3 is 10.2 Å². The third-order valence-electron chi connectivity index (χ3n) is 4.20. The van der Waals surface area contributed by atoms with Crippen molar-refractivity contribution in [2.24, 2.45) is 0 Å². The van der Waals surface area contributed by atoms with Crippen LogP contribution >= 0.6 is 0 Å². The molecule has 2 unspecified atom stereocenters. The first-order chi connectivity index (χ1) is 8.26. The minimum absolute atomic E-state index is 0.338. The van der Waals surface area contributed by atoms with Crippen molar-refractivity contribution in [2.45, 2.75) is 45.2 Å². The maximum absolute atomic E-state index is 12.4. The molecule has 0 spiro atoms. The Hall–Kier alpha value is -0.610. The molecule has 2 heterocycles. The van der Waals surface area contributed by atoms with E-state index in [1.54, 1.807) is 0 Å². The highest BCUT2D eigenvalue weighted by molar-refractivity contribution is 5.79. The van der Waals surface area contributed by atoms with Crippen LogP contribution in [0.5, 0.6) is 0 Å². The Bertz CT molecular complexity index is 251. The van der Waals surface area contributed by atoms with Crippen LogP contribution in [0.3, 0.4) is 0 Å². The number of rotatable bonds is 4. The van der Waals surface area contributed by atoms with Crippen LogP contribution in [0.25, 0.3) is 0 Å². The Balaban J connectivity index is 1.98. The SMILES string of the molecule is CCN(CC)CC(=O)N1C2CCNCC1CC2. The lowest BCUT2D eigenvalue weighted by Crippen LogP contribution is -2.47. The third-order valence-corrected chi connectivity index (χ3v) is 4.20. The molecule has 2 rings (SSSR count). The quantitative estimate of drug-likeness (QED) is 0.784. The number of nitrogens with zero attached hydrogens (tertiary/aromatic N) is 2. The van der Waals surface area contributed by atoms with Crippen LogP contribution in [0.2, 0.25) is 0 Å². The molecule has 0 aromatic rings. The minimum Gasteiger partial charge on any atom is -0.334 e. The molecule has 2 aliphatic heterocycles. The maximum atomic E-state index is 12.4. The van der Waals surface area contributed by atoms with E-state index < -0.39 is 0 Å². The van der Waals surface area contributed by atoms with Crippen molar-refractivity contribution in [3.05, 3.63) is 0 Å². The van der Waals surface area contributed by atoms with E-state index in [1.807, 2.05) is 0 Å². The van der Waals surface area contributed by atoms with Crippen molar-refractivity contribution < 1.29 is 4.79 Å². The molecule has 0 saturated carbocycles. The van der Waals surface area contributed by atoms with E-state index in [9.17, 15) is 4.79 Å². The summed E-state index contributed by atoms with van der Waals surface area (Å²) in [6.07, 6.45) is 3.51. The van der Waals surface area contributed by atoms with Gasteiger partial charge in [-0.3, -0.25) is 9.69 Å². The lowest BCUT2D eigenvalue weighted by Gasteiger charge is -2.30. The van der Waals surface area contributed by atoms with Crippen LogP contribution in [0.4, 0.5) is 0 Å². The number of likely N-dealkylation sites (N-methyl/N-ethyl adjacent to an activating group) is 1. The number of nitrogens with one attached hydrogen (secondary N) is 1. The standard InChI is InChI=1S/C13H25N3O/c1-3-15(4-2)10-13(17)16-11-5-6-12(16)9-14-8-7-11/h11-12,14H,3-10H2,1-2H3. The van der Waals surface area contributed by atoms with Gasteiger partial charge in [0.1, 0.15) is 0 Å². The van der Waals surface area contributed by atoms with Gasteiger partial charge in [0, 0.05) is 18.6 Å². The number of hydrogen-bond donors (Lipinski definition) is 1. The second kappa shape index (κ2) is 5.83. The van der Waals surface area contributed by atoms with E-state index in [1.165, 1.54) is 12.8 Å². The van der Waals surface area contributed by atoms with Gasteiger partial charge in [-0.05, 0) is 38.9 Å². The highest BCUT2D eigenvalue weighted by Gasteiger charge is 2.37. The molecule has 0 aliphatic carbocycles. The molecule has 17 heavy (non-hydrogen) atoms. The number of amides is 1. The normalized spacial score (nSPS) is 28.5. The third kappa shape index (κ3) is 2.80. The zero-order valence-electron chi connectivity index (χ0n) is 11.1. The molecular weight excluding hydrogens is 214 g/mol. The molecule has 1 N–H and O–H groups in total. The van der Waals surface area contributed by atoms with Gasteiger partial charge >= 0.3 is 0 Å². The largest absolute Gasteiger partial charge is 0.334 e. The molecule has 2 atom stereocenters. The van der Waals surface area contributed by atoms with Crippen molar-refractivity contribution in [2.75, 3.05) is 32.7 Å². The topological polar surface area (TPSA) is 35.6 Å². The van der Waals surface area contributed by atoms with Gasteiger partial charge in [0.25, 0.3) is 0 Å². The molecule has 2 bridgehead atoms. The first-order valence-electron chi connectivity index (χ1n) is 7.00. The van der Waals surface area contributed by atoms with Crippen LogP contribution in [-0.2, 0) is 4.79 Å². The Kier molecular flexibility index (Phi) is 4.40. The van der Waals surface area contributed by atoms with Crippen LogP contribution in [-0.4, -0.2) is 60.5 Å². The number of carbonyl (C=O) groups excluding carboxylic acids is 1. The molecule has 2 fully saturated rings. The molecule has 4 heteroatoms. The van der Waals surface area contributed by atoms with Crippen LogP contribution in [0.15, 0.2) is 0 Å². The molecule has 2 saturated heterocycles. The lowest BCUT2D eigenvalue weighted by molar-refractivity contribution is -0.134. The molecule has 4 nitrogen and oxygen atoms in total. The second-order valence-electron chi connectivity index (χ2n) is 5.14. The summed E-state index contributed by atoms with van der Waals surface area (Å²) in [7, 11) is 0. The van der Waals surface area contributed by atoms with Gasteiger partial charge in [0.05, 0.1) is 6.54 Å². The monoisotopic (exact) mass is 239 g/mol. The predicted octanol–water partition coefficient (Wildman–Crippen LogP) is 0.681. The van der Waals surface area contributed by atoms with Crippen molar-refractivity contribution in [1.82, 2.24) is 15.1 Å². The predicted molar refractivity (Wildman–Crippen MR) is 68.9 cm³/mol. The average molecular weight is 239 g/mol. The van der Waals surface area contributed by atoms with Gasteiger partial charge in [-0.25, -0.2) is 0 Å². The van der Waals surface area contributed by atoms with E-state index in [2.05, 4.69) is 29.0 Å². The Morgan fingerprint density at radius 3 is 2.65 bits per heavy atom. The lowest BCUT2D eigenvalue weighted by atomic mass is 10.1. The van der Waals surface area contributed by atoms with Crippen LogP contribution in [0, 0.1) is 0 Å². The number of fused-ring (bicyclic) bond motifs is 2. The number of hydrogen-bond acceptors (Lipinski definition) is 3. The highest BCUT2D eigenvalue weighted by atomic mass is 16.2. The summed E-state index contributed by atoms with van der Waals surface area (Å²) in [6, 6.07) is 0.948. The zero-order valence-corrected chi connectivity index (χ0v) is 11.1. The van der Waals surface area contributed by atoms with Gasteiger partial charge in [0.2, 0.25) is 5.91 Å². The first kappa shape index (κ1) is 12.8. The first-order valence-corrected chi connectivity index (χ1v) is 7.00. The van der Waals surface area contributed by atoms with Crippen molar-refractivity contribution >= 4 is 5.91 Å². The molecule has 0 aromatic heterocycles. The molecule has 1 amide bonds. The molecule has 0 radical (unpaired) electrons. The Labute approximate surface area is 104 Å². The number of carbonyl (C=O) groups is 1. The van der Waals surface area contributed by atoms with Gasteiger partial charge in [-0.2, -0.15) is 0 Å². The van der Waals surface area contributed by atoms with E-state index in [-0.39, 0.29) is 0 Å². The van der Waals surface area contributed by atoms with Crippen molar-refractivity contribution in [3.8, 4) is 0 Å². The molecule has 0 aromatic carbocycles. The van der Waals surface area contributed by atoms with E-state index in [0.29, 0.717) is 24.5 Å². The summed E-state index contributed by atoms with van der Waals surface area (Å²) in [5.41, 5.74) is 0. The Morgan fingerprint density at radius 1 is 1.24 bits per heavy atom. The molecule has 98 valence electrons. The minimum atomic E-state index is 0.338. The van der Waals surface area contributed by atoms with E-state index >= 15 is 0 Å². The van der Waals surface area contributed by atoms with Crippen molar-refractivity contribution in [1.29, 1.82) is 0 Å². The fourth-order valence-electron chi connectivity index (χ4n) is 3.11. The van der Waals surface area contributed by atoms with Crippen molar-refractivity contribution in [3.63, 3.8) is 0 Å². The zero-order chi connectivity index (χ0) is 12.3. The van der Waals surface area contributed by atoms with Gasteiger partial charge in [-0.15, -0.1) is 0 Å². The van der Waals surface area contributed by atoms with Crippen LogP contribution < -0.4 is 5.32 Å². The highest BCUT2D eigenvalue weighted by Crippen LogP contribution is 2.27. The smallest absolute Gasteiger partial charge is 0.237 e. The summed E-state index contributed by atoms with van der Waals surface area (Å²) in [5, 5.41) is 3.44. The summed E-state index contributed by atoms with van der Waals surface area (Å²) in [4.78, 5) is 16.8. The second-order valence-corrected chi connectivity index (χ2v) is 5.14. The fourth-order valence-corrected chi connectivity index (χ4v) is 3.11. The molecule has 2 aliphatic rings. The average Bonchev–Trinajstić information content (AvgIpc) is 2.59. The van der Waals surface area contributed by atoms with E-state index in [0.717, 1.165) is 32.6 Å². The van der Waals surface area contributed by atoms with E-state index in [4.69, 9.17) is 0 Å². The van der Waals surface area contributed by atoms with Gasteiger partial charge in [-0.1, -0.05) is 13.8 Å². The Morgan fingerprint density at radius 2 is 1.94 bits per heavy atom.